The van der Waals surface area contributed by atoms with Gasteiger partial charge in [0.2, 0.25) is 0 Å². The number of hydrogen-bond acceptors (Lipinski definition) is 6. The molecule has 2 aliphatic heterocycles. The third-order valence-electron chi connectivity index (χ3n) is 13.8. The van der Waals surface area contributed by atoms with Crippen molar-refractivity contribution in [1.82, 2.24) is 30.4 Å². The molecule has 60 heavy (non-hydrogen) atoms. The van der Waals surface area contributed by atoms with Gasteiger partial charge in [0, 0.05) is 73.7 Å². The van der Waals surface area contributed by atoms with Crippen LogP contribution < -0.4 is 21.5 Å². The van der Waals surface area contributed by atoms with Crippen LogP contribution in [0.25, 0.3) is 0 Å². The Hall–Kier alpha value is -4.80. The minimum Gasteiger partial charge on any atom is -0.357 e. The van der Waals surface area contributed by atoms with E-state index in [0.29, 0.717) is 37.6 Å². The van der Waals surface area contributed by atoms with Crippen molar-refractivity contribution in [2.45, 2.75) is 106 Å². The fourth-order valence-corrected chi connectivity index (χ4v) is 10.5. The molecule has 2 fully saturated rings. The van der Waals surface area contributed by atoms with Crippen LogP contribution in [-0.4, -0.2) is 83.9 Å². The number of benzene rings is 2. The summed E-state index contributed by atoms with van der Waals surface area (Å²) in [5, 5.41) is 6.96. The van der Waals surface area contributed by atoms with Gasteiger partial charge in [-0.2, -0.15) is 0 Å². The first-order chi connectivity index (χ1) is 28.1. The molecule has 10 nitrogen and oxygen atoms in total. The molecule has 10 heteroatoms. The summed E-state index contributed by atoms with van der Waals surface area (Å²) in [5.74, 6) is -0.0613. The molecule has 4 aromatic rings. The van der Waals surface area contributed by atoms with Crippen LogP contribution in [0.2, 0.25) is 0 Å². The number of hydrogen-bond donors (Lipinski definition) is 4. The quantitative estimate of drug-likeness (QED) is 0.143. The van der Waals surface area contributed by atoms with Crippen LogP contribution in [0.3, 0.4) is 0 Å². The van der Waals surface area contributed by atoms with E-state index < -0.39 is 0 Å². The summed E-state index contributed by atoms with van der Waals surface area (Å²) in [5.41, 5.74) is 8.04. The largest absolute Gasteiger partial charge is 0.357 e. The Labute approximate surface area is 358 Å². The summed E-state index contributed by atoms with van der Waals surface area (Å²) in [6.45, 7) is 14.5. The molecule has 2 atom stereocenters. The molecule has 4 aliphatic rings. The van der Waals surface area contributed by atoms with Gasteiger partial charge in [-0.05, 0) is 138 Å². The highest BCUT2D eigenvalue weighted by atomic mass is 16.2. The minimum absolute atomic E-state index is 0. The zero-order valence-corrected chi connectivity index (χ0v) is 34.9. The van der Waals surface area contributed by atoms with Gasteiger partial charge in [0.15, 0.2) is 10.9 Å². The highest BCUT2D eigenvalue weighted by Gasteiger charge is 2.42. The maximum absolute atomic E-state index is 13.1. The number of pyridine rings is 2. The average Bonchev–Trinajstić information content (AvgIpc) is 3.24. The molecule has 0 bridgehead atoms. The number of nitrogens with one attached hydrogen (secondary N) is 4. The molecule has 2 aromatic heterocycles. The Morgan fingerprint density at radius 2 is 0.917 bits per heavy atom. The van der Waals surface area contributed by atoms with Gasteiger partial charge in [0.1, 0.15) is 11.4 Å². The first kappa shape index (κ1) is 46.3. The molecule has 2 unspecified atom stereocenters. The van der Waals surface area contributed by atoms with Crippen molar-refractivity contribution in [1.29, 1.82) is 0 Å². The third kappa shape index (κ3) is 9.55. The van der Waals surface area contributed by atoms with Crippen molar-refractivity contribution >= 4 is 11.8 Å². The highest BCUT2D eigenvalue weighted by molar-refractivity contribution is 5.92. The Kier molecular flexibility index (Phi) is 15.6. The fourth-order valence-electron chi connectivity index (χ4n) is 10.5. The second kappa shape index (κ2) is 20.2. The molecule has 2 spiro atoms. The van der Waals surface area contributed by atoms with Crippen LogP contribution in [0.4, 0.5) is 0 Å². The molecule has 0 radical (unpaired) electrons. The second-order valence-corrected chi connectivity index (χ2v) is 17.1. The first-order valence-electron chi connectivity index (χ1n) is 21.7. The maximum atomic E-state index is 13.1. The van der Waals surface area contributed by atoms with E-state index in [-0.39, 0.29) is 60.2 Å². The van der Waals surface area contributed by atoms with Crippen molar-refractivity contribution in [3.05, 3.63) is 138 Å². The first-order valence-corrected chi connectivity index (χ1v) is 21.7. The molecule has 2 saturated heterocycles. The minimum atomic E-state index is -0.113. The number of aromatic amines is 2. The number of rotatable bonds is 8. The van der Waals surface area contributed by atoms with Gasteiger partial charge < -0.3 is 30.4 Å². The predicted molar refractivity (Wildman–Crippen MR) is 244 cm³/mol. The standard InChI is InChI=1S/2C24H31N3O2.2CH4/c2*1-3-27(4-2)23(29)21-13-22(28)20(16-26-21)19-15-24(9-11-25-12-10-24)14-17-7-5-6-8-18(17)19;;/h2*5-8,13,16,19,25H,3-4,9-12,14-15H2,1-2H3,(H,26,28);2*1H4. The van der Waals surface area contributed by atoms with E-state index in [1.54, 1.807) is 22.2 Å². The average molecular weight is 819 g/mol. The molecule has 4 N–H and O–H groups in total. The number of aromatic nitrogens is 2. The lowest BCUT2D eigenvalue weighted by Crippen LogP contribution is -2.42. The van der Waals surface area contributed by atoms with Crippen molar-refractivity contribution in [3.63, 3.8) is 0 Å². The van der Waals surface area contributed by atoms with E-state index in [9.17, 15) is 19.2 Å². The van der Waals surface area contributed by atoms with Gasteiger partial charge in [0.25, 0.3) is 11.8 Å². The molecule has 0 saturated carbocycles. The van der Waals surface area contributed by atoms with Gasteiger partial charge in [-0.25, -0.2) is 0 Å². The number of carbonyl (C=O) groups excluding carboxylic acids is 2. The normalized spacial score (nSPS) is 19.6. The zero-order chi connectivity index (χ0) is 40.9. The van der Waals surface area contributed by atoms with Crippen LogP contribution in [0, 0.1) is 10.8 Å². The highest BCUT2D eigenvalue weighted by Crippen LogP contribution is 2.50. The lowest BCUT2D eigenvalue weighted by Gasteiger charge is -2.44. The molecular formula is C50H70N6O4. The van der Waals surface area contributed by atoms with Crippen molar-refractivity contribution in [2.24, 2.45) is 10.8 Å². The van der Waals surface area contributed by atoms with E-state index in [4.69, 9.17) is 0 Å². The third-order valence-corrected chi connectivity index (χ3v) is 13.8. The fraction of sp³-hybridized carbons (Fsp3) is 0.520. The Morgan fingerprint density at radius 1 is 0.567 bits per heavy atom. The van der Waals surface area contributed by atoms with E-state index in [1.807, 2.05) is 27.7 Å². The summed E-state index contributed by atoms with van der Waals surface area (Å²) in [7, 11) is 0. The van der Waals surface area contributed by atoms with Crippen LogP contribution >= 0.6 is 0 Å². The SMILES string of the molecule is C.C.CCN(CC)C(=O)c1cc(=O)c(C2CC3(CCNCC3)Cc3ccccc32)c[nH]1.CCN(CC)C(=O)c1cc(=O)c(C2CC3(CCNCC3)Cc3ccccc32)c[nH]1. The molecule has 324 valence electrons. The second-order valence-electron chi connectivity index (χ2n) is 17.1. The van der Waals surface area contributed by atoms with Gasteiger partial charge in [-0.1, -0.05) is 63.4 Å². The molecule has 2 aromatic carbocycles. The van der Waals surface area contributed by atoms with E-state index >= 15 is 0 Å². The molecular weight excluding hydrogens is 749 g/mol. The smallest absolute Gasteiger partial charge is 0.270 e. The van der Waals surface area contributed by atoms with E-state index in [2.05, 4.69) is 69.1 Å². The number of H-pyrrole nitrogens is 2. The van der Waals surface area contributed by atoms with Crippen molar-refractivity contribution in [2.75, 3.05) is 52.4 Å². The number of amides is 2. The number of carbonyl (C=O) groups is 2. The lowest BCUT2D eigenvalue weighted by molar-refractivity contribution is 0.0759. The Balaban J connectivity index is 0.000000220. The summed E-state index contributed by atoms with van der Waals surface area (Å²) < 4.78 is 0. The van der Waals surface area contributed by atoms with Gasteiger partial charge in [-0.15, -0.1) is 0 Å². The summed E-state index contributed by atoms with van der Waals surface area (Å²) in [4.78, 5) is 61.3. The molecule has 2 aliphatic carbocycles. The van der Waals surface area contributed by atoms with E-state index in [1.165, 1.54) is 34.4 Å². The van der Waals surface area contributed by atoms with Crippen LogP contribution in [0.15, 0.2) is 82.6 Å². The van der Waals surface area contributed by atoms with Gasteiger partial charge >= 0.3 is 0 Å². The maximum Gasteiger partial charge on any atom is 0.270 e. The topological polar surface area (TPSA) is 130 Å². The lowest BCUT2D eigenvalue weighted by atomic mass is 9.62. The Morgan fingerprint density at radius 3 is 1.25 bits per heavy atom. The van der Waals surface area contributed by atoms with Crippen LogP contribution in [-0.2, 0) is 12.8 Å². The van der Waals surface area contributed by atoms with Crippen molar-refractivity contribution < 1.29 is 9.59 Å². The number of fused-ring (bicyclic) bond motifs is 2. The number of nitrogens with zero attached hydrogens (tertiary/aromatic N) is 2. The summed E-state index contributed by atoms with van der Waals surface area (Å²) in [6.07, 6.45) is 12.4. The van der Waals surface area contributed by atoms with Crippen LogP contribution in [0.5, 0.6) is 0 Å². The van der Waals surface area contributed by atoms with Crippen LogP contribution in [0.1, 0.15) is 147 Å². The van der Waals surface area contributed by atoms with E-state index in [0.717, 1.165) is 88.7 Å². The molecule has 8 rings (SSSR count). The van der Waals surface area contributed by atoms with Gasteiger partial charge in [-0.3, -0.25) is 19.2 Å². The van der Waals surface area contributed by atoms with Gasteiger partial charge in [0.05, 0.1) is 0 Å². The predicted octanol–water partition coefficient (Wildman–Crippen LogP) is 7.88. The summed E-state index contributed by atoms with van der Waals surface area (Å²) in [6, 6.07) is 20.1. The Bertz CT molecular complexity index is 2030. The number of piperidine rings is 2. The molecule has 4 heterocycles. The summed E-state index contributed by atoms with van der Waals surface area (Å²) >= 11 is 0. The zero-order valence-electron chi connectivity index (χ0n) is 34.9. The molecule has 2 amide bonds. The van der Waals surface area contributed by atoms with Crippen molar-refractivity contribution in [3.8, 4) is 0 Å². The monoisotopic (exact) mass is 819 g/mol.